The van der Waals surface area contributed by atoms with Crippen molar-refractivity contribution in [2.75, 3.05) is 13.6 Å². The summed E-state index contributed by atoms with van der Waals surface area (Å²) in [6.07, 6.45) is 4.64. The number of aryl methyl sites for hydroxylation is 1. The van der Waals surface area contributed by atoms with Crippen molar-refractivity contribution in [3.63, 3.8) is 0 Å². The van der Waals surface area contributed by atoms with Crippen molar-refractivity contribution in [2.45, 2.75) is 11.8 Å². The minimum atomic E-state index is -3.72. The van der Waals surface area contributed by atoms with Crippen LogP contribution in [-0.4, -0.2) is 43.4 Å². The molecule has 0 unspecified atom stereocenters. The fourth-order valence-electron chi connectivity index (χ4n) is 1.84. The third-order valence-corrected chi connectivity index (χ3v) is 5.00. The van der Waals surface area contributed by atoms with Crippen molar-refractivity contribution in [3.8, 4) is 0 Å². The summed E-state index contributed by atoms with van der Waals surface area (Å²) in [4.78, 5) is 15.9. The van der Waals surface area contributed by atoms with Crippen molar-refractivity contribution < 1.29 is 13.2 Å². The van der Waals surface area contributed by atoms with Crippen LogP contribution in [0.2, 0.25) is 0 Å². The zero-order chi connectivity index (χ0) is 17.6. The highest BCUT2D eigenvalue weighted by Gasteiger charge is 2.22. The minimum Gasteiger partial charge on any atom is -0.272 e. The number of amides is 1. The zero-order valence-electron chi connectivity index (χ0n) is 13.4. The number of rotatable bonds is 6. The molecule has 0 fully saturated rings. The number of sulfonamides is 1. The number of hydrazone groups is 1. The van der Waals surface area contributed by atoms with Crippen molar-refractivity contribution >= 4 is 22.1 Å². The van der Waals surface area contributed by atoms with Gasteiger partial charge in [0.1, 0.15) is 0 Å². The highest BCUT2D eigenvalue weighted by Crippen LogP contribution is 2.14. The molecule has 0 saturated carbocycles. The van der Waals surface area contributed by atoms with Gasteiger partial charge in [0, 0.05) is 25.0 Å². The molecule has 1 aromatic carbocycles. The van der Waals surface area contributed by atoms with Crippen LogP contribution in [0.5, 0.6) is 0 Å². The van der Waals surface area contributed by atoms with E-state index in [-0.39, 0.29) is 11.4 Å². The first kappa shape index (κ1) is 17.8. The second kappa shape index (κ2) is 7.80. The molecular weight excluding hydrogens is 328 g/mol. The Balaban J connectivity index is 1.95. The first-order valence-corrected chi connectivity index (χ1v) is 8.58. The highest BCUT2D eigenvalue weighted by molar-refractivity contribution is 7.89. The van der Waals surface area contributed by atoms with E-state index >= 15 is 0 Å². The Morgan fingerprint density at radius 3 is 2.62 bits per heavy atom. The van der Waals surface area contributed by atoms with E-state index in [1.807, 2.05) is 6.92 Å². The molecule has 2 aromatic rings. The van der Waals surface area contributed by atoms with Gasteiger partial charge in [0.05, 0.1) is 17.7 Å². The van der Waals surface area contributed by atoms with Gasteiger partial charge >= 0.3 is 0 Å². The molecule has 1 amide bonds. The van der Waals surface area contributed by atoms with Gasteiger partial charge in [0.25, 0.3) is 5.91 Å². The van der Waals surface area contributed by atoms with E-state index in [1.54, 1.807) is 36.7 Å². The molecule has 126 valence electrons. The van der Waals surface area contributed by atoms with Crippen molar-refractivity contribution in [3.05, 3.63) is 59.9 Å². The lowest BCUT2D eigenvalue weighted by atomic mass is 10.2. The summed E-state index contributed by atoms with van der Waals surface area (Å²) in [6.45, 7) is 1.54. The number of pyridine rings is 1. The lowest BCUT2D eigenvalue weighted by Crippen LogP contribution is -2.36. The third kappa shape index (κ3) is 4.71. The van der Waals surface area contributed by atoms with Crippen LogP contribution in [0.1, 0.15) is 11.1 Å². The smallest absolute Gasteiger partial charge is 0.255 e. The Morgan fingerprint density at radius 1 is 1.29 bits per heavy atom. The molecule has 7 nitrogen and oxygen atoms in total. The van der Waals surface area contributed by atoms with E-state index in [4.69, 9.17) is 0 Å². The molecule has 0 atom stereocenters. The fourth-order valence-corrected chi connectivity index (χ4v) is 2.97. The Morgan fingerprint density at radius 2 is 2.00 bits per heavy atom. The molecule has 1 heterocycles. The van der Waals surface area contributed by atoms with Gasteiger partial charge in [0.2, 0.25) is 10.0 Å². The monoisotopic (exact) mass is 346 g/mol. The molecule has 1 aromatic heterocycles. The summed E-state index contributed by atoms with van der Waals surface area (Å²) < 4.78 is 25.7. The van der Waals surface area contributed by atoms with Crippen LogP contribution in [0, 0.1) is 6.92 Å². The number of hydrogen-bond donors (Lipinski definition) is 1. The Hall–Kier alpha value is -2.58. The van der Waals surface area contributed by atoms with Crippen LogP contribution in [-0.2, 0) is 14.8 Å². The molecule has 0 spiro atoms. The van der Waals surface area contributed by atoms with E-state index in [0.29, 0.717) is 0 Å². The van der Waals surface area contributed by atoms with Crippen LogP contribution in [0.3, 0.4) is 0 Å². The van der Waals surface area contributed by atoms with Gasteiger partial charge in [-0.15, -0.1) is 0 Å². The summed E-state index contributed by atoms with van der Waals surface area (Å²) in [7, 11) is -2.37. The van der Waals surface area contributed by atoms with E-state index in [0.717, 1.165) is 15.4 Å². The van der Waals surface area contributed by atoms with E-state index < -0.39 is 15.9 Å². The average molecular weight is 346 g/mol. The maximum absolute atomic E-state index is 12.4. The number of nitrogens with zero attached hydrogens (tertiary/aromatic N) is 3. The normalized spacial score (nSPS) is 11.8. The molecule has 0 saturated heterocycles. The fraction of sp³-hybridized carbons (Fsp3) is 0.188. The molecule has 8 heteroatoms. The number of likely N-dealkylation sites (N-methyl/N-ethyl adjacent to an activating group) is 1. The maximum Gasteiger partial charge on any atom is 0.255 e. The van der Waals surface area contributed by atoms with E-state index in [9.17, 15) is 13.2 Å². The lowest BCUT2D eigenvalue weighted by molar-refractivity contribution is -0.121. The SMILES string of the molecule is Cc1ccc(S(=O)(=O)N(C)CC(=O)N/N=C/c2cccnc2)cc1. The van der Waals surface area contributed by atoms with Crippen LogP contribution >= 0.6 is 0 Å². The Kier molecular flexibility index (Phi) is 5.78. The number of carbonyl (C=O) groups excluding carboxylic acids is 1. The van der Waals surface area contributed by atoms with Gasteiger partial charge < -0.3 is 0 Å². The molecule has 1 N–H and O–H groups in total. The van der Waals surface area contributed by atoms with Gasteiger partial charge in [-0.1, -0.05) is 23.8 Å². The number of aromatic nitrogens is 1. The second-order valence-electron chi connectivity index (χ2n) is 5.15. The summed E-state index contributed by atoms with van der Waals surface area (Å²) in [5.41, 5.74) is 3.97. The molecule has 0 radical (unpaired) electrons. The first-order valence-electron chi connectivity index (χ1n) is 7.14. The zero-order valence-corrected chi connectivity index (χ0v) is 14.2. The largest absolute Gasteiger partial charge is 0.272 e. The van der Waals surface area contributed by atoms with Crippen LogP contribution < -0.4 is 5.43 Å². The molecule has 0 aliphatic carbocycles. The maximum atomic E-state index is 12.4. The molecule has 0 aliphatic rings. The van der Waals surface area contributed by atoms with Crippen LogP contribution in [0.25, 0.3) is 0 Å². The van der Waals surface area contributed by atoms with E-state index in [1.165, 1.54) is 25.4 Å². The summed E-state index contributed by atoms with van der Waals surface area (Å²) in [6, 6.07) is 9.96. The van der Waals surface area contributed by atoms with Gasteiger partial charge in [-0.2, -0.15) is 9.41 Å². The summed E-state index contributed by atoms with van der Waals surface area (Å²) >= 11 is 0. The van der Waals surface area contributed by atoms with E-state index in [2.05, 4.69) is 15.5 Å². The van der Waals surface area contributed by atoms with Gasteiger partial charge in [-0.25, -0.2) is 13.8 Å². The van der Waals surface area contributed by atoms with Crippen LogP contribution in [0.4, 0.5) is 0 Å². The average Bonchev–Trinajstić information content (AvgIpc) is 2.56. The second-order valence-corrected chi connectivity index (χ2v) is 7.20. The topological polar surface area (TPSA) is 91.7 Å². The molecule has 24 heavy (non-hydrogen) atoms. The molecule has 0 aliphatic heterocycles. The number of hydrogen-bond acceptors (Lipinski definition) is 5. The highest BCUT2D eigenvalue weighted by atomic mass is 32.2. The standard InChI is InChI=1S/C16H18N4O3S/c1-13-5-7-15(8-6-13)24(22,23)20(2)12-16(21)19-18-11-14-4-3-9-17-10-14/h3-11H,12H2,1-2H3,(H,19,21)/b18-11+. The number of nitrogens with one attached hydrogen (secondary N) is 1. The van der Waals surface area contributed by atoms with Crippen LogP contribution in [0.15, 0.2) is 58.8 Å². The van der Waals surface area contributed by atoms with Crippen molar-refractivity contribution in [1.29, 1.82) is 0 Å². The Labute approximate surface area is 141 Å². The predicted molar refractivity (Wildman–Crippen MR) is 91.0 cm³/mol. The Bertz CT molecular complexity index is 818. The van der Waals surface area contributed by atoms with Gasteiger partial charge in [-0.3, -0.25) is 9.78 Å². The van der Waals surface area contributed by atoms with Gasteiger partial charge in [0.15, 0.2) is 0 Å². The predicted octanol–water partition coefficient (Wildman–Crippen LogP) is 1.16. The third-order valence-electron chi connectivity index (χ3n) is 3.18. The first-order chi connectivity index (χ1) is 11.4. The molecular formula is C16H18N4O3S. The molecule has 2 rings (SSSR count). The molecule has 0 bridgehead atoms. The van der Waals surface area contributed by atoms with Gasteiger partial charge in [-0.05, 0) is 25.1 Å². The quantitative estimate of drug-likeness (QED) is 0.628. The lowest BCUT2D eigenvalue weighted by Gasteiger charge is -2.16. The minimum absolute atomic E-state index is 0.141. The number of carbonyl (C=O) groups is 1. The number of benzene rings is 1. The van der Waals surface area contributed by atoms with Crippen molar-refractivity contribution in [2.24, 2.45) is 5.10 Å². The summed E-state index contributed by atoms with van der Waals surface area (Å²) in [5, 5.41) is 3.77. The van der Waals surface area contributed by atoms with Crippen molar-refractivity contribution in [1.82, 2.24) is 14.7 Å². The summed E-state index contributed by atoms with van der Waals surface area (Å²) in [5.74, 6) is -0.534.